The lowest BCUT2D eigenvalue weighted by atomic mass is 10.0. The molecule has 6 nitrogen and oxygen atoms in total. The van der Waals surface area contributed by atoms with E-state index < -0.39 is 0 Å². The Hall–Kier alpha value is -3.28. The minimum atomic E-state index is 0.614. The Kier molecular flexibility index (Phi) is 5.16. The number of nitrogens with two attached hydrogens (primary N) is 1. The summed E-state index contributed by atoms with van der Waals surface area (Å²) in [7, 11) is 3.20. The highest BCUT2D eigenvalue weighted by molar-refractivity contribution is 6.01. The molecular weight excluding hydrogens is 342 g/mol. The number of rotatable bonds is 5. The molecule has 3 rings (SSSR count). The minimum Gasteiger partial charge on any atom is -0.493 e. The quantitative estimate of drug-likeness (QED) is 0.413. The SMILES string of the molecule is COc1cc2nccc(Oc3cc(C)c(C)cc3/C(C)=N\N)c2cc1OC. The third-order valence-corrected chi connectivity index (χ3v) is 4.61. The van der Waals surface area contributed by atoms with E-state index in [1.807, 2.05) is 51.1 Å². The maximum atomic E-state index is 6.28. The lowest BCUT2D eigenvalue weighted by Gasteiger charge is -2.16. The largest absolute Gasteiger partial charge is 0.493 e. The van der Waals surface area contributed by atoms with Crippen molar-refractivity contribution in [1.29, 1.82) is 0 Å². The first-order valence-electron chi connectivity index (χ1n) is 8.53. The molecule has 2 N–H and O–H groups in total. The zero-order valence-corrected chi connectivity index (χ0v) is 16.2. The molecular formula is C21H23N3O3. The molecule has 0 atom stereocenters. The molecule has 0 radical (unpaired) electrons. The van der Waals surface area contributed by atoms with E-state index in [1.165, 1.54) is 0 Å². The van der Waals surface area contributed by atoms with Crippen LogP contribution in [0.4, 0.5) is 0 Å². The summed E-state index contributed by atoms with van der Waals surface area (Å²) in [6.45, 7) is 5.94. The van der Waals surface area contributed by atoms with Crippen molar-refractivity contribution in [2.45, 2.75) is 20.8 Å². The summed E-state index contributed by atoms with van der Waals surface area (Å²) in [5.74, 6) is 8.09. The maximum absolute atomic E-state index is 6.28. The van der Waals surface area contributed by atoms with Gasteiger partial charge in [-0.2, -0.15) is 5.10 Å². The second-order valence-corrected chi connectivity index (χ2v) is 6.28. The first-order valence-corrected chi connectivity index (χ1v) is 8.53. The van der Waals surface area contributed by atoms with Crippen LogP contribution in [0, 0.1) is 13.8 Å². The van der Waals surface area contributed by atoms with Gasteiger partial charge >= 0.3 is 0 Å². The molecule has 0 saturated heterocycles. The minimum absolute atomic E-state index is 0.614. The van der Waals surface area contributed by atoms with E-state index in [-0.39, 0.29) is 0 Å². The Labute approximate surface area is 158 Å². The molecule has 0 bridgehead atoms. The van der Waals surface area contributed by atoms with Gasteiger partial charge in [0.05, 0.1) is 25.4 Å². The molecule has 0 unspecified atom stereocenters. The van der Waals surface area contributed by atoms with E-state index in [0.717, 1.165) is 27.6 Å². The summed E-state index contributed by atoms with van der Waals surface area (Å²) < 4.78 is 17.1. The van der Waals surface area contributed by atoms with Gasteiger partial charge in [-0.25, -0.2) is 0 Å². The van der Waals surface area contributed by atoms with Gasteiger partial charge in [-0.3, -0.25) is 4.98 Å². The summed E-state index contributed by atoms with van der Waals surface area (Å²) in [5, 5.41) is 4.65. The van der Waals surface area contributed by atoms with Gasteiger partial charge < -0.3 is 20.1 Å². The second-order valence-electron chi connectivity index (χ2n) is 6.28. The Morgan fingerprint density at radius 1 is 0.926 bits per heavy atom. The first kappa shape index (κ1) is 18.5. The number of hydrogen-bond donors (Lipinski definition) is 1. The second kappa shape index (κ2) is 7.53. The van der Waals surface area contributed by atoms with E-state index in [4.69, 9.17) is 20.1 Å². The van der Waals surface area contributed by atoms with Crippen LogP contribution in [0.5, 0.6) is 23.0 Å². The van der Waals surface area contributed by atoms with Crippen LogP contribution >= 0.6 is 0 Å². The highest BCUT2D eigenvalue weighted by Crippen LogP contribution is 2.38. The fraction of sp³-hybridized carbons (Fsp3) is 0.238. The number of pyridine rings is 1. The predicted octanol–water partition coefficient (Wildman–Crippen LogP) is 4.34. The molecule has 1 aromatic heterocycles. The fourth-order valence-corrected chi connectivity index (χ4v) is 2.88. The summed E-state index contributed by atoms with van der Waals surface area (Å²) in [5.41, 5.74) is 4.57. The molecule has 0 amide bonds. The van der Waals surface area contributed by atoms with Crippen LogP contribution in [0.25, 0.3) is 10.9 Å². The van der Waals surface area contributed by atoms with Gasteiger partial charge in [0.15, 0.2) is 11.5 Å². The lowest BCUT2D eigenvalue weighted by molar-refractivity contribution is 0.355. The number of hydrazone groups is 1. The summed E-state index contributed by atoms with van der Waals surface area (Å²) in [4.78, 5) is 4.41. The molecule has 0 fully saturated rings. The zero-order valence-electron chi connectivity index (χ0n) is 16.2. The molecule has 0 aliphatic heterocycles. The number of hydrogen-bond acceptors (Lipinski definition) is 6. The first-order chi connectivity index (χ1) is 13.0. The number of aromatic nitrogens is 1. The number of benzene rings is 2. The van der Waals surface area contributed by atoms with Crippen molar-refractivity contribution in [2.75, 3.05) is 14.2 Å². The van der Waals surface area contributed by atoms with E-state index in [1.54, 1.807) is 20.4 Å². The van der Waals surface area contributed by atoms with E-state index >= 15 is 0 Å². The van der Waals surface area contributed by atoms with Gasteiger partial charge in [0.1, 0.15) is 11.5 Å². The Morgan fingerprint density at radius 3 is 2.26 bits per heavy atom. The number of aryl methyl sites for hydroxylation is 2. The number of ether oxygens (including phenoxy) is 3. The average Bonchev–Trinajstić information content (AvgIpc) is 2.69. The molecule has 0 aliphatic carbocycles. The molecule has 27 heavy (non-hydrogen) atoms. The summed E-state index contributed by atoms with van der Waals surface area (Å²) >= 11 is 0. The van der Waals surface area contributed by atoms with Gasteiger partial charge in [0, 0.05) is 23.2 Å². The monoisotopic (exact) mass is 365 g/mol. The van der Waals surface area contributed by atoms with Gasteiger partial charge in [-0.15, -0.1) is 0 Å². The maximum Gasteiger partial charge on any atom is 0.162 e. The molecule has 6 heteroatoms. The fourth-order valence-electron chi connectivity index (χ4n) is 2.88. The molecule has 140 valence electrons. The van der Waals surface area contributed by atoms with E-state index in [0.29, 0.717) is 28.7 Å². The topological polar surface area (TPSA) is 79.0 Å². The van der Waals surface area contributed by atoms with Crippen molar-refractivity contribution in [3.8, 4) is 23.0 Å². The Bertz CT molecular complexity index is 1030. The standard InChI is InChI=1S/C21H23N3O3/c1-12-8-15(14(3)24-22)19(9-13(12)2)27-18-6-7-23-17-11-21(26-5)20(25-4)10-16(17)18/h6-11H,22H2,1-5H3/b24-14-. The molecule has 0 aliphatic rings. The third-order valence-electron chi connectivity index (χ3n) is 4.61. The van der Waals surface area contributed by atoms with Crippen LogP contribution in [0.15, 0.2) is 41.6 Å². The molecule has 1 heterocycles. The Morgan fingerprint density at radius 2 is 1.59 bits per heavy atom. The van der Waals surface area contributed by atoms with Gasteiger partial charge in [0.25, 0.3) is 0 Å². The van der Waals surface area contributed by atoms with Gasteiger partial charge in [-0.05, 0) is 56.2 Å². The lowest BCUT2D eigenvalue weighted by Crippen LogP contribution is -2.03. The van der Waals surface area contributed by atoms with Crippen LogP contribution in [-0.4, -0.2) is 24.9 Å². The van der Waals surface area contributed by atoms with Crippen LogP contribution in [0.2, 0.25) is 0 Å². The normalized spacial score (nSPS) is 11.5. The van der Waals surface area contributed by atoms with Crippen LogP contribution in [-0.2, 0) is 0 Å². The third kappa shape index (κ3) is 3.51. The summed E-state index contributed by atoms with van der Waals surface area (Å²) in [6, 6.07) is 9.54. The van der Waals surface area contributed by atoms with Gasteiger partial charge in [-0.1, -0.05) is 0 Å². The van der Waals surface area contributed by atoms with Crippen molar-refractivity contribution >= 4 is 16.6 Å². The zero-order chi connectivity index (χ0) is 19.6. The molecule has 3 aromatic rings. The smallest absolute Gasteiger partial charge is 0.162 e. The van der Waals surface area contributed by atoms with E-state index in [9.17, 15) is 0 Å². The van der Waals surface area contributed by atoms with Crippen molar-refractivity contribution in [2.24, 2.45) is 10.9 Å². The predicted molar refractivity (Wildman–Crippen MR) is 107 cm³/mol. The van der Waals surface area contributed by atoms with Crippen molar-refractivity contribution in [3.05, 3.63) is 53.2 Å². The van der Waals surface area contributed by atoms with Crippen LogP contribution < -0.4 is 20.1 Å². The number of nitrogens with zero attached hydrogens (tertiary/aromatic N) is 2. The average molecular weight is 365 g/mol. The van der Waals surface area contributed by atoms with Crippen molar-refractivity contribution in [1.82, 2.24) is 4.98 Å². The van der Waals surface area contributed by atoms with E-state index in [2.05, 4.69) is 10.1 Å². The molecule has 0 spiro atoms. The van der Waals surface area contributed by atoms with Crippen LogP contribution in [0.1, 0.15) is 23.6 Å². The Balaban J connectivity index is 2.16. The highest BCUT2D eigenvalue weighted by atomic mass is 16.5. The van der Waals surface area contributed by atoms with Crippen molar-refractivity contribution < 1.29 is 14.2 Å². The number of methoxy groups -OCH3 is 2. The van der Waals surface area contributed by atoms with Crippen LogP contribution in [0.3, 0.4) is 0 Å². The van der Waals surface area contributed by atoms with Crippen molar-refractivity contribution in [3.63, 3.8) is 0 Å². The summed E-state index contributed by atoms with van der Waals surface area (Å²) in [6.07, 6.45) is 1.70. The molecule has 2 aromatic carbocycles. The highest BCUT2D eigenvalue weighted by Gasteiger charge is 2.15. The van der Waals surface area contributed by atoms with Gasteiger partial charge in [0.2, 0.25) is 0 Å². The number of fused-ring (bicyclic) bond motifs is 1. The molecule has 0 saturated carbocycles.